The van der Waals surface area contributed by atoms with Crippen molar-refractivity contribution in [3.63, 3.8) is 0 Å². The van der Waals surface area contributed by atoms with E-state index >= 15 is 0 Å². The molecule has 0 amide bonds. The van der Waals surface area contributed by atoms with Crippen LogP contribution in [0.15, 0.2) is 30.3 Å². The number of carbonyl (C=O) groups excluding carboxylic acids is 1. The van der Waals surface area contributed by atoms with Crippen LogP contribution in [0.4, 0.5) is 4.39 Å². The maximum Gasteiger partial charge on any atom is 0.311 e. The fourth-order valence-corrected chi connectivity index (χ4v) is 0.968. The first-order valence-electron chi connectivity index (χ1n) is 3.80. The maximum atomic E-state index is 12.5. The molecule has 0 atom stereocenters. The number of hydrogen-bond donors (Lipinski definition) is 0. The van der Waals surface area contributed by atoms with Crippen molar-refractivity contribution in [1.82, 2.24) is 0 Å². The predicted molar refractivity (Wildman–Crippen MR) is 45.6 cm³/mol. The minimum Gasteiger partial charge on any atom is -0.260 e. The average Bonchev–Trinajstić information content (AvgIpc) is 2.06. The number of benzene rings is 1. The fourth-order valence-electron chi connectivity index (χ4n) is 0.968. The third kappa shape index (κ3) is 1.52. The van der Waals surface area contributed by atoms with Gasteiger partial charge in [-0.3, -0.25) is 4.79 Å². The Morgan fingerprint density at radius 2 is 1.75 bits per heavy atom. The highest BCUT2D eigenvalue weighted by Gasteiger charge is 2.29. The summed E-state index contributed by atoms with van der Waals surface area (Å²) in [7, 11) is 0. The van der Waals surface area contributed by atoms with Crippen molar-refractivity contribution in [2.45, 2.75) is 19.3 Å². The Labute approximate surface area is 71.2 Å². The zero-order chi connectivity index (χ0) is 9.19. The zero-order valence-corrected chi connectivity index (χ0v) is 7.17. The van der Waals surface area contributed by atoms with Crippen LogP contribution >= 0.6 is 0 Å². The highest BCUT2D eigenvalue weighted by molar-refractivity contribution is 5.80. The van der Waals surface area contributed by atoms with Gasteiger partial charge in [0.05, 0.1) is 5.41 Å². The Morgan fingerprint density at radius 3 is 2.17 bits per heavy atom. The molecule has 64 valence electrons. The largest absolute Gasteiger partial charge is 0.311 e. The Kier molecular flexibility index (Phi) is 2.27. The minimum absolute atomic E-state index is 0.706. The number of carbonyl (C=O) groups is 1. The summed E-state index contributed by atoms with van der Waals surface area (Å²) in [5, 5.41) is 0. The topological polar surface area (TPSA) is 17.1 Å². The van der Waals surface area contributed by atoms with Gasteiger partial charge in [-0.25, -0.2) is 0 Å². The number of halogens is 1. The molecule has 0 unspecified atom stereocenters. The molecule has 1 aromatic rings. The van der Waals surface area contributed by atoms with Crippen LogP contribution in [-0.2, 0) is 10.2 Å². The highest BCUT2D eigenvalue weighted by Crippen LogP contribution is 2.23. The molecule has 1 aromatic carbocycles. The lowest BCUT2D eigenvalue weighted by atomic mass is 9.85. The van der Waals surface area contributed by atoms with E-state index < -0.39 is 11.5 Å². The Morgan fingerprint density at radius 1 is 1.25 bits per heavy atom. The number of rotatable bonds is 2. The monoisotopic (exact) mass is 166 g/mol. The number of hydrogen-bond acceptors (Lipinski definition) is 1. The summed E-state index contributed by atoms with van der Waals surface area (Å²) in [5.74, 6) is 0. The van der Waals surface area contributed by atoms with Crippen LogP contribution in [-0.4, -0.2) is 6.04 Å². The second kappa shape index (κ2) is 3.05. The lowest BCUT2D eigenvalue weighted by Gasteiger charge is -2.18. The second-order valence-corrected chi connectivity index (χ2v) is 3.26. The molecule has 12 heavy (non-hydrogen) atoms. The Hall–Kier alpha value is -1.18. The molecule has 0 radical (unpaired) electrons. The Bertz CT molecular complexity index is 277. The molecule has 1 nitrogen and oxygen atoms in total. The normalized spacial score (nSPS) is 11.2. The van der Waals surface area contributed by atoms with Crippen LogP contribution in [0.2, 0.25) is 0 Å². The molecule has 0 saturated carbocycles. The van der Waals surface area contributed by atoms with E-state index in [1.54, 1.807) is 38.1 Å². The molecular weight excluding hydrogens is 155 g/mol. The van der Waals surface area contributed by atoms with E-state index in [1.807, 2.05) is 6.07 Å². The van der Waals surface area contributed by atoms with E-state index in [4.69, 9.17) is 0 Å². The highest BCUT2D eigenvalue weighted by atomic mass is 19.1. The van der Waals surface area contributed by atoms with Gasteiger partial charge < -0.3 is 0 Å². The van der Waals surface area contributed by atoms with E-state index in [9.17, 15) is 9.18 Å². The molecule has 2 heteroatoms. The van der Waals surface area contributed by atoms with Crippen LogP contribution in [0, 0.1) is 0 Å². The molecule has 0 aliphatic heterocycles. The zero-order valence-electron chi connectivity index (χ0n) is 7.17. The standard InChI is InChI=1S/C10H11FO/c1-10(2,9(11)12)8-6-4-3-5-7-8/h3-7H,1-2H3. The van der Waals surface area contributed by atoms with Gasteiger partial charge in [-0.15, -0.1) is 0 Å². The van der Waals surface area contributed by atoms with E-state index in [0.29, 0.717) is 5.56 Å². The van der Waals surface area contributed by atoms with Gasteiger partial charge in [0.25, 0.3) is 0 Å². The van der Waals surface area contributed by atoms with Crippen molar-refractivity contribution in [1.29, 1.82) is 0 Å². The van der Waals surface area contributed by atoms with Gasteiger partial charge >= 0.3 is 6.04 Å². The van der Waals surface area contributed by atoms with Gasteiger partial charge in [0.2, 0.25) is 0 Å². The predicted octanol–water partition coefficient (Wildman–Crippen LogP) is 2.46. The van der Waals surface area contributed by atoms with Gasteiger partial charge in [0, 0.05) is 0 Å². The van der Waals surface area contributed by atoms with Crippen molar-refractivity contribution in [3.8, 4) is 0 Å². The first kappa shape index (κ1) is 8.91. The van der Waals surface area contributed by atoms with Crippen molar-refractivity contribution in [3.05, 3.63) is 35.9 Å². The molecule has 0 aromatic heterocycles. The van der Waals surface area contributed by atoms with Gasteiger partial charge in [-0.1, -0.05) is 30.3 Å². The summed E-state index contributed by atoms with van der Waals surface area (Å²) in [6.45, 7) is 3.15. The average molecular weight is 166 g/mol. The molecule has 0 fully saturated rings. The third-order valence-electron chi connectivity index (χ3n) is 1.99. The van der Waals surface area contributed by atoms with Crippen molar-refractivity contribution < 1.29 is 9.18 Å². The Balaban J connectivity index is 3.06. The summed E-state index contributed by atoms with van der Waals surface area (Å²) in [6, 6.07) is 7.62. The van der Waals surface area contributed by atoms with Crippen LogP contribution < -0.4 is 0 Å². The van der Waals surface area contributed by atoms with E-state index in [-0.39, 0.29) is 0 Å². The molecule has 0 saturated heterocycles. The summed E-state index contributed by atoms with van der Waals surface area (Å²) in [6.07, 6.45) is 0. The molecule has 0 N–H and O–H groups in total. The summed E-state index contributed by atoms with van der Waals surface area (Å²) >= 11 is 0. The summed E-state index contributed by atoms with van der Waals surface area (Å²) in [4.78, 5) is 10.6. The summed E-state index contributed by atoms with van der Waals surface area (Å²) < 4.78 is 12.5. The van der Waals surface area contributed by atoms with Crippen molar-refractivity contribution >= 4 is 6.04 Å². The second-order valence-electron chi connectivity index (χ2n) is 3.26. The lowest BCUT2D eigenvalue weighted by molar-refractivity contribution is -0.134. The minimum atomic E-state index is -1.30. The molecule has 0 heterocycles. The van der Waals surface area contributed by atoms with E-state index in [2.05, 4.69) is 0 Å². The first-order valence-corrected chi connectivity index (χ1v) is 3.80. The van der Waals surface area contributed by atoms with Gasteiger partial charge in [0.15, 0.2) is 0 Å². The molecule has 0 spiro atoms. The summed E-state index contributed by atoms with van der Waals surface area (Å²) in [5.41, 5.74) is -0.307. The maximum absolute atomic E-state index is 12.5. The lowest BCUT2D eigenvalue weighted by Crippen LogP contribution is -2.25. The van der Waals surface area contributed by atoms with Gasteiger partial charge in [-0.2, -0.15) is 4.39 Å². The van der Waals surface area contributed by atoms with Crippen molar-refractivity contribution in [2.24, 2.45) is 0 Å². The van der Waals surface area contributed by atoms with Crippen LogP contribution in [0.1, 0.15) is 19.4 Å². The molecule has 1 rings (SSSR count). The molecular formula is C10H11FO. The van der Waals surface area contributed by atoms with Gasteiger partial charge in [-0.05, 0) is 19.4 Å². The van der Waals surface area contributed by atoms with Crippen LogP contribution in [0.5, 0.6) is 0 Å². The quantitative estimate of drug-likeness (QED) is 0.617. The molecule has 0 aliphatic rings. The van der Waals surface area contributed by atoms with Crippen LogP contribution in [0.25, 0.3) is 0 Å². The van der Waals surface area contributed by atoms with Crippen molar-refractivity contribution in [2.75, 3.05) is 0 Å². The molecule has 0 bridgehead atoms. The van der Waals surface area contributed by atoms with Crippen LogP contribution in [0.3, 0.4) is 0 Å². The fraction of sp³-hybridized carbons (Fsp3) is 0.300. The SMILES string of the molecule is CC(C)(C(=O)F)c1ccccc1. The van der Waals surface area contributed by atoms with Gasteiger partial charge in [0.1, 0.15) is 0 Å². The molecule has 0 aliphatic carbocycles. The third-order valence-corrected chi connectivity index (χ3v) is 1.99. The van der Waals surface area contributed by atoms with E-state index in [0.717, 1.165) is 0 Å². The van der Waals surface area contributed by atoms with E-state index in [1.165, 1.54) is 0 Å². The smallest absolute Gasteiger partial charge is 0.260 e. The first-order chi connectivity index (χ1) is 5.55.